The van der Waals surface area contributed by atoms with Gasteiger partial charge in [-0.3, -0.25) is 9.69 Å². The predicted molar refractivity (Wildman–Crippen MR) is 85.7 cm³/mol. The number of halogens is 1. The lowest BCUT2D eigenvalue weighted by atomic mass is 9.95. The zero-order valence-corrected chi connectivity index (χ0v) is 13.2. The Labute approximate surface area is 131 Å². The minimum absolute atomic E-state index is 0.00470. The first-order valence-corrected chi connectivity index (χ1v) is 7.85. The Morgan fingerprint density at radius 1 is 1.52 bits per heavy atom. The highest BCUT2D eigenvalue weighted by molar-refractivity contribution is 6.30. The Kier molecular flexibility index (Phi) is 6.03. The summed E-state index contributed by atoms with van der Waals surface area (Å²) in [6.07, 6.45) is 3.07. The summed E-state index contributed by atoms with van der Waals surface area (Å²) < 4.78 is 0. The van der Waals surface area contributed by atoms with Crippen LogP contribution in [0, 0.1) is 12.8 Å². The first-order valence-electron chi connectivity index (χ1n) is 7.47. The number of carbonyl (C=O) groups excluding carboxylic acids is 1. The number of nitrogens with zero attached hydrogens (tertiary/aromatic N) is 1. The van der Waals surface area contributed by atoms with Crippen LogP contribution >= 0.6 is 11.6 Å². The standard InChI is InChI=1S/C16H23ClN2O2/c1-12-9-14(17)4-5-15(12)18-16(21)11-19-7-2-3-13(10-19)6-8-20/h4-5,9,13,20H,2-3,6-8,10-11H2,1H3,(H,18,21). The lowest BCUT2D eigenvalue weighted by Crippen LogP contribution is -2.40. The van der Waals surface area contributed by atoms with Crippen LogP contribution in [0.5, 0.6) is 0 Å². The van der Waals surface area contributed by atoms with E-state index in [1.807, 2.05) is 19.1 Å². The van der Waals surface area contributed by atoms with Crippen molar-refractivity contribution in [2.75, 3.05) is 31.6 Å². The Morgan fingerprint density at radius 3 is 3.05 bits per heavy atom. The fourth-order valence-corrected chi connectivity index (χ4v) is 3.10. The number of rotatable bonds is 5. The van der Waals surface area contributed by atoms with E-state index in [1.54, 1.807) is 6.07 Å². The van der Waals surface area contributed by atoms with Crippen molar-refractivity contribution in [2.24, 2.45) is 5.92 Å². The van der Waals surface area contributed by atoms with Crippen molar-refractivity contribution < 1.29 is 9.90 Å². The molecular weight excluding hydrogens is 288 g/mol. The van der Waals surface area contributed by atoms with E-state index in [4.69, 9.17) is 16.7 Å². The van der Waals surface area contributed by atoms with Crippen LogP contribution in [-0.4, -0.2) is 42.2 Å². The number of carbonyl (C=O) groups is 1. The Morgan fingerprint density at radius 2 is 2.33 bits per heavy atom. The average molecular weight is 311 g/mol. The molecule has 0 aromatic heterocycles. The van der Waals surface area contributed by atoms with Crippen LogP contribution < -0.4 is 5.32 Å². The first-order chi connectivity index (χ1) is 10.1. The van der Waals surface area contributed by atoms with E-state index in [-0.39, 0.29) is 12.5 Å². The summed E-state index contributed by atoms with van der Waals surface area (Å²) in [6, 6.07) is 5.46. The summed E-state index contributed by atoms with van der Waals surface area (Å²) in [5.74, 6) is 0.513. The summed E-state index contributed by atoms with van der Waals surface area (Å²) in [5.41, 5.74) is 1.78. The van der Waals surface area contributed by atoms with Gasteiger partial charge in [0.25, 0.3) is 0 Å². The van der Waals surface area contributed by atoms with Gasteiger partial charge in [-0.25, -0.2) is 0 Å². The summed E-state index contributed by atoms with van der Waals surface area (Å²) in [5, 5.41) is 12.6. The van der Waals surface area contributed by atoms with Gasteiger partial charge in [-0.2, -0.15) is 0 Å². The van der Waals surface area contributed by atoms with E-state index in [1.165, 1.54) is 0 Å². The van der Waals surface area contributed by atoms with E-state index in [2.05, 4.69) is 10.2 Å². The maximum Gasteiger partial charge on any atom is 0.238 e. The van der Waals surface area contributed by atoms with Gasteiger partial charge in [-0.1, -0.05) is 11.6 Å². The second kappa shape index (κ2) is 7.78. The topological polar surface area (TPSA) is 52.6 Å². The van der Waals surface area contributed by atoms with E-state index in [0.717, 1.165) is 43.6 Å². The maximum absolute atomic E-state index is 12.1. The summed E-state index contributed by atoms with van der Waals surface area (Å²) in [4.78, 5) is 14.3. The molecule has 1 aromatic rings. The number of piperidine rings is 1. The minimum Gasteiger partial charge on any atom is -0.396 e. The Hall–Kier alpha value is -1.10. The van der Waals surface area contributed by atoms with Crippen molar-refractivity contribution >= 4 is 23.2 Å². The largest absolute Gasteiger partial charge is 0.396 e. The molecule has 0 radical (unpaired) electrons. The maximum atomic E-state index is 12.1. The van der Waals surface area contributed by atoms with Crippen molar-refractivity contribution in [1.82, 2.24) is 4.90 Å². The monoisotopic (exact) mass is 310 g/mol. The molecule has 5 heteroatoms. The molecule has 0 aliphatic carbocycles. The van der Waals surface area contributed by atoms with Crippen molar-refractivity contribution in [3.63, 3.8) is 0 Å². The second-order valence-electron chi connectivity index (χ2n) is 5.76. The fourth-order valence-electron chi connectivity index (χ4n) is 2.87. The summed E-state index contributed by atoms with van der Waals surface area (Å²) in [7, 11) is 0. The van der Waals surface area contributed by atoms with Crippen molar-refractivity contribution in [3.05, 3.63) is 28.8 Å². The third-order valence-corrected chi connectivity index (χ3v) is 4.21. The van der Waals surface area contributed by atoms with Gasteiger partial charge in [-0.15, -0.1) is 0 Å². The molecule has 1 unspecified atom stereocenters. The minimum atomic E-state index is 0.00470. The molecule has 4 nitrogen and oxygen atoms in total. The van der Waals surface area contributed by atoms with Gasteiger partial charge < -0.3 is 10.4 Å². The van der Waals surface area contributed by atoms with Crippen LogP contribution in [0.1, 0.15) is 24.8 Å². The third kappa shape index (κ3) is 4.99. The van der Waals surface area contributed by atoms with Gasteiger partial charge in [-0.05, 0) is 62.4 Å². The molecule has 1 fully saturated rings. The molecule has 0 bridgehead atoms. The molecule has 21 heavy (non-hydrogen) atoms. The zero-order chi connectivity index (χ0) is 15.2. The molecular formula is C16H23ClN2O2. The van der Waals surface area contributed by atoms with Crippen LogP contribution in [0.25, 0.3) is 0 Å². The quantitative estimate of drug-likeness (QED) is 0.879. The van der Waals surface area contributed by atoms with E-state index >= 15 is 0 Å². The third-order valence-electron chi connectivity index (χ3n) is 3.97. The van der Waals surface area contributed by atoms with Gasteiger partial charge in [0.2, 0.25) is 5.91 Å². The highest BCUT2D eigenvalue weighted by atomic mass is 35.5. The molecule has 1 aliphatic heterocycles. The Bertz CT molecular complexity index is 491. The van der Waals surface area contributed by atoms with Crippen molar-refractivity contribution in [1.29, 1.82) is 0 Å². The molecule has 1 amide bonds. The van der Waals surface area contributed by atoms with Gasteiger partial charge in [0.05, 0.1) is 6.54 Å². The van der Waals surface area contributed by atoms with E-state index in [9.17, 15) is 4.79 Å². The van der Waals surface area contributed by atoms with Crippen LogP contribution in [0.15, 0.2) is 18.2 Å². The van der Waals surface area contributed by atoms with Crippen molar-refractivity contribution in [3.8, 4) is 0 Å². The normalized spacial score (nSPS) is 19.5. The fraction of sp³-hybridized carbons (Fsp3) is 0.562. The van der Waals surface area contributed by atoms with Crippen LogP contribution in [0.2, 0.25) is 5.02 Å². The Balaban J connectivity index is 1.86. The molecule has 2 rings (SSSR count). The predicted octanol–water partition coefficient (Wildman–Crippen LogP) is 2.68. The molecule has 1 heterocycles. The smallest absolute Gasteiger partial charge is 0.238 e. The second-order valence-corrected chi connectivity index (χ2v) is 6.20. The lowest BCUT2D eigenvalue weighted by molar-refractivity contribution is -0.117. The number of hydrogen-bond donors (Lipinski definition) is 2. The number of likely N-dealkylation sites (tertiary alicyclic amines) is 1. The van der Waals surface area contributed by atoms with Crippen LogP contribution in [-0.2, 0) is 4.79 Å². The first kappa shape index (κ1) is 16.3. The number of amides is 1. The summed E-state index contributed by atoms with van der Waals surface area (Å²) in [6.45, 7) is 4.42. The van der Waals surface area contributed by atoms with Gasteiger partial charge >= 0.3 is 0 Å². The molecule has 2 N–H and O–H groups in total. The lowest BCUT2D eigenvalue weighted by Gasteiger charge is -2.31. The molecule has 1 aromatic carbocycles. The number of anilines is 1. The van der Waals surface area contributed by atoms with E-state index < -0.39 is 0 Å². The highest BCUT2D eigenvalue weighted by Crippen LogP contribution is 2.21. The van der Waals surface area contributed by atoms with Crippen LogP contribution in [0.3, 0.4) is 0 Å². The van der Waals surface area contributed by atoms with Gasteiger partial charge in [0, 0.05) is 23.9 Å². The molecule has 1 atom stereocenters. The zero-order valence-electron chi connectivity index (χ0n) is 12.4. The number of benzene rings is 1. The molecule has 1 saturated heterocycles. The van der Waals surface area contributed by atoms with E-state index in [0.29, 0.717) is 17.5 Å². The van der Waals surface area contributed by atoms with Gasteiger partial charge in [0.1, 0.15) is 0 Å². The number of aryl methyl sites for hydroxylation is 1. The molecule has 0 saturated carbocycles. The molecule has 0 spiro atoms. The molecule has 116 valence electrons. The average Bonchev–Trinajstić information content (AvgIpc) is 2.43. The van der Waals surface area contributed by atoms with Crippen LogP contribution in [0.4, 0.5) is 5.69 Å². The SMILES string of the molecule is Cc1cc(Cl)ccc1NC(=O)CN1CCCC(CCO)C1. The number of hydrogen-bond acceptors (Lipinski definition) is 3. The number of aliphatic hydroxyl groups is 1. The van der Waals surface area contributed by atoms with Gasteiger partial charge in [0.15, 0.2) is 0 Å². The van der Waals surface area contributed by atoms with Crippen molar-refractivity contribution in [2.45, 2.75) is 26.2 Å². The number of aliphatic hydroxyl groups excluding tert-OH is 1. The highest BCUT2D eigenvalue weighted by Gasteiger charge is 2.21. The molecule has 1 aliphatic rings. The summed E-state index contributed by atoms with van der Waals surface area (Å²) >= 11 is 5.91. The number of nitrogens with one attached hydrogen (secondary N) is 1.